The molecule has 0 saturated carbocycles. The first-order chi connectivity index (χ1) is 11.9. The minimum atomic E-state index is -4.79. The van der Waals surface area contributed by atoms with Gasteiger partial charge in [-0.05, 0) is 24.3 Å². The zero-order chi connectivity index (χ0) is 17.9. The summed E-state index contributed by atoms with van der Waals surface area (Å²) in [6.45, 7) is 0. The molecule has 0 aliphatic heterocycles. The molecular weight excluding hydrogens is 357 g/mol. The Morgan fingerprint density at radius 3 is 2.84 bits per heavy atom. The van der Waals surface area contributed by atoms with Crippen LogP contribution in [0.3, 0.4) is 0 Å². The first-order valence-corrected chi connectivity index (χ1v) is 7.91. The SMILES string of the molecule is O=C(Cc1csc(-c2ccco2)n1)Nc1cccc(OC(F)(F)F)c1. The van der Waals surface area contributed by atoms with E-state index in [1.807, 2.05) is 0 Å². The lowest BCUT2D eigenvalue weighted by Crippen LogP contribution is -2.18. The highest BCUT2D eigenvalue weighted by Gasteiger charge is 2.31. The smallest absolute Gasteiger partial charge is 0.462 e. The summed E-state index contributed by atoms with van der Waals surface area (Å²) in [4.78, 5) is 16.3. The molecule has 0 radical (unpaired) electrons. The highest BCUT2D eigenvalue weighted by atomic mass is 32.1. The predicted octanol–water partition coefficient (Wildman–Crippen LogP) is 4.48. The molecule has 3 aromatic rings. The van der Waals surface area contributed by atoms with Gasteiger partial charge >= 0.3 is 6.36 Å². The number of nitrogens with zero attached hydrogens (tertiary/aromatic N) is 1. The number of furan rings is 1. The molecule has 2 heterocycles. The van der Waals surface area contributed by atoms with E-state index in [0.717, 1.165) is 12.1 Å². The number of amides is 1. The van der Waals surface area contributed by atoms with Crippen molar-refractivity contribution < 1.29 is 27.1 Å². The summed E-state index contributed by atoms with van der Waals surface area (Å²) in [5.41, 5.74) is 0.741. The third-order valence-corrected chi connectivity index (χ3v) is 3.88. The maximum atomic E-state index is 12.2. The maximum absolute atomic E-state index is 12.2. The Hall–Kier alpha value is -2.81. The van der Waals surface area contributed by atoms with Gasteiger partial charge in [-0.25, -0.2) is 4.98 Å². The average Bonchev–Trinajstić information content (AvgIpc) is 3.16. The molecule has 0 saturated heterocycles. The number of thiazole rings is 1. The Balaban J connectivity index is 1.62. The van der Waals surface area contributed by atoms with Gasteiger partial charge in [0.1, 0.15) is 5.75 Å². The number of rotatable bonds is 5. The van der Waals surface area contributed by atoms with E-state index >= 15 is 0 Å². The van der Waals surface area contributed by atoms with Gasteiger partial charge < -0.3 is 14.5 Å². The Kier molecular flexibility index (Phi) is 4.75. The number of nitrogens with one attached hydrogen (secondary N) is 1. The molecule has 0 aliphatic carbocycles. The first-order valence-electron chi connectivity index (χ1n) is 7.03. The van der Waals surface area contributed by atoms with Gasteiger partial charge in [0.15, 0.2) is 10.8 Å². The van der Waals surface area contributed by atoms with Crippen molar-refractivity contribution in [3.63, 3.8) is 0 Å². The first kappa shape index (κ1) is 17.0. The Labute approximate surface area is 144 Å². The molecule has 1 aromatic carbocycles. The number of halogens is 3. The molecule has 0 fully saturated rings. The van der Waals surface area contributed by atoms with Crippen LogP contribution in [0.25, 0.3) is 10.8 Å². The second kappa shape index (κ2) is 6.98. The second-order valence-electron chi connectivity index (χ2n) is 4.92. The number of carbonyl (C=O) groups excluding carboxylic acids is 1. The van der Waals surface area contributed by atoms with Crippen LogP contribution in [0.5, 0.6) is 5.75 Å². The molecule has 0 aliphatic rings. The van der Waals surface area contributed by atoms with Crippen molar-refractivity contribution >= 4 is 22.9 Å². The van der Waals surface area contributed by atoms with Crippen LogP contribution < -0.4 is 10.1 Å². The largest absolute Gasteiger partial charge is 0.573 e. The summed E-state index contributed by atoms with van der Waals surface area (Å²) in [5.74, 6) is -0.201. The zero-order valence-electron chi connectivity index (χ0n) is 12.5. The van der Waals surface area contributed by atoms with Crippen molar-refractivity contribution in [2.75, 3.05) is 5.32 Å². The van der Waals surface area contributed by atoms with Gasteiger partial charge in [0.05, 0.1) is 18.4 Å². The molecule has 25 heavy (non-hydrogen) atoms. The fourth-order valence-corrected chi connectivity index (χ4v) is 2.83. The van der Waals surface area contributed by atoms with Crippen molar-refractivity contribution in [1.29, 1.82) is 0 Å². The quantitative estimate of drug-likeness (QED) is 0.721. The lowest BCUT2D eigenvalue weighted by atomic mass is 10.2. The molecule has 5 nitrogen and oxygen atoms in total. The summed E-state index contributed by atoms with van der Waals surface area (Å²) in [6, 6.07) is 8.57. The van der Waals surface area contributed by atoms with Crippen LogP contribution in [0.1, 0.15) is 5.69 Å². The minimum Gasteiger partial charge on any atom is -0.462 e. The molecule has 0 bridgehead atoms. The van der Waals surface area contributed by atoms with Crippen LogP contribution in [0.15, 0.2) is 52.5 Å². The lowest BCUT2D eigenvalue weighted by Gasteiger charge is -2.10. The van der Waals surface area contributed by atoms with E-state index in [-0.39, 0.29) is 12.1 Å². The maximum Gasteiger partial charge on any atom is 0.573 e. The normalized spacial score (nSPS) is 11.3. The number of aromatic nitrogens is 1. The van der Waals surface area contributed by atoms with Crippen LogP contribution >= 0.6 is 11.3 Å². The van der Waals surface area contributed by atoms with E-state index in [2.05, 4.69) is 15.0 Å². The van der Waals surface area contributed by atoms with Gasteiger partial charge in [0.2, 0.25) is 5.91 Å². The highest BCUT2D eigenvalue weighted by Crippen LogP contribution is 2.26. The van der Waals surface area contributed by atoms with Crippen LogP contribution in [0.4, 0.5) is 18.9 Å². The van der Waals surface area contributed by atoms with Gasteiger partial charge in [-0.3, -0.25) is 4.79 Å². The van der Waals surface area contributed by atoms with Gasteiger partial charge in [0.25, 0.3) is 0 Å². The number of ether oxygens (including phenoxy) is 1. The lowest BCUT2D eigenvalue weighted by molar-refractivity contribution is -0.274. The molecule has 9 heteroatoms. The summed E-state index contributed by atoms with van der Waals surface area (Å²) in [7, 11) is 0. The van der Waals surface area contributed by atoms with Crippen molar-refractivity contribution in [3.8, 4) is 16.5 Å². The molecule has 3 rings (SSSR count). The van der Waals surface area contributed by atoms with Crippen molar-refractivity contribution in [2.45, 2.75) is 12.8 Å². The predicted molar refractivity (Wildman–Crippen MR) is 85.3 cm³/mol. The summed E-state index contributed by atoms with van der Waals surface area (Å²) in [5, 5.41) is 4.88. The third kappa shape index (κ3) is 4.83. The van der Waals surface area contributed by atoms with Gasteiger partial charge in [-0.2, -0.15) is 0 Å². The van der Waals surface area contributed by atoms with Crippen LogP contribution in [0.2, 0.25) is 0 Å². The topological polar surface area (TPSA) is 64.4 Å². The summed E-state index contributed by atoms with van der Waals surface area (Å²) in [6.07, 6.45) is -3.27. The molecule has 0 atom stereocenters. The molecule has 2 aromatic heterocycles. The van der Waals surface area contributed by atoms with Crippen molar-refractivity contribution in [2.24, 2.45) is 0 Å². The number of alkyl halides is 3. The molecular formula is C16H11F3N2O3S. The van der Waals surface area contributed by atoms with Gasteiger partial charge in [-0.1, -0.05) is 6.07 Å². The number of benzene rings is 1. The van der Waals surface area contributed by atoms with E-state index in [4.69, 9.17) is 4.42 Å². The Morgan fingerprint density at radius 1 is 1.28 bits per heavy atom. The van der Waals surface area contributed by atoms with Crippen LogP contribution in [0, 0.1) is 0 Å². The van der Waals surface area contributed by atoms with Gasteiger partial charge in [-0.15, -0.1) is 24.5 Å². The van der Waals surface area contributed by atoms with E-state index in [0.29, 0.717) is 16.5 Å². The monoisotopic (exact) mass is 368 g/mol. The standard InChI is InChI=1S/C16H11F3N2O3S/c17-16(18,19)24-12-4-1-3-10(7-12)20-14(22)8-11-9-25-15(21-11)13-5-2-6-23-13/h1-7,9H,8H2,(H,20,22). The molecule has 0 spiro atoms. The van der Waals surface area contributed by atoms with Crippen molar-refractivity contribution in [3.05, 3.63) is 53.7 Å². The van der Waals surface area contributed by atoms with E-state index in [1.165, 1.54) is 29.7 Å². The second-order valence-corrected chi connectivity index (χ2v) is 5.78. The minimum absolute atomic E-state index is 0.0123. The fourth-order valence-electron chi connectivity index (χ4n) is 2.04. The molecule has 1 N–H and O–H groups in total. The van der Waals surface area contributed by atoms with E-state index in [1.54, 1.807) is 17.5 Å². The Bertz CT molecular complexity index is 860. The zero-order valence-corrected chi connectivity index (χ0v) is 13.4. The average molecular weight is 368 g/mol. The van der Waals surface area contributed by atoms with E-state index in [9.17, 15) is 18.0 Å². The highest BCUT2D eigenvalue weighted by molar-refractivity contribution is 7.13. The number of hydrogen-bond donors (Lipinski definition) is 1. The molecule has 1 amide bonds. The van der Waals surface area contributed by atoms with Crippen LogP contribution in [-0.4, -0.2) is 17.3 Å². The number of hydrogen-bond acceptors (Lipinski definition) is 5. The molecule has 130 valence electrons. The van der Waals surface area contributed by atoms with Crippen molar-refractivity contribution in [1.82, 2.24) is 4.98 Å². The summed E-state index contributed by atoms with van der Waals surface area (Å²) < 4.78 is 45.7. The van der Waals surface area contributed by atoms with Gasteiger partial charge in [0, 0.05) is 17.1 Å². The number of anilines is 1. The summed E-state index contributed by atoms with van der Waals surface area (Å²) >= 11 is 1.33. The van der Waals surface area contributed by atoms with E-state index < -0.39 is 18.0 Å². The third-order valence-electron chi connectivity index (χ3n) is 2.98. The molecule has 0 unspecified atom stereocenters. The van der Waals surface area contributed by atoms with Crippen LogP contribution in [-0.2, 0) is 11.2 Å². The Morgan fingerprint density at radius 2 is 2.12 bits per heavy atom. The number of carbonyl (C=O) groups is 1. The fraction of sp³-hybridized carbons (Fsp3) is 0.125.